The summed E-state index contributed by atoms with van der Waals surface area (Å²) in [5, 5.41) is 10.3. The van der Waals surface area contributed by atoms with Gasteiger partial charge in [0.1, 0.15) is 28.2 Å². The van der Waals surface area contributed by atoms with Crippen LogP contribution in [0, 0.1) is 0 Å². The summed E-state index contributed by atoms with van der Waals surface area (Å²) in [6, 6.07) is 10.5. The molecule has 0 unspecified atom stereocenters. The fraction of sp³-hybridized carbons (Fsp3) is 0. The van der Waals surface area contributed by atoms with E-state index in [0.717, 1.165) is 6.07 Å². The van der Waals surface area contributed by atoms with Gasteiger partial charge in [-0.3, -0.25) is 4.79 Å². The standard InChI is InChI=1S/C15H10ClO6P/c16-10-4-2-1-3-9(10)13-7-12(18)15-11(17)5-8(22-23(19)20)6-14(15)21-13/h1-7,17,19-20H. The van der Waals surface area contributed by atoms with E-state index in [1.165, 1.54) is 12.1 Å². The molecule has 0 fully saturated rings. The highest BCUT2D eigenvalue weighted by Gasteiger charge is 2.15. The Labute approximate surface area is 136 Å². The molecule has 6 nitrogen and oxygen atoms in total. The quantitative estimate of drug-likeness (QED) is 0.625. The van der Waals surface area contributed by atoms with Crippen LogP contribution < -0.4 is 9.95 Å². The molecule has 0 atom stereocenters. The van der Waals surface area contributed by atoms with Crippen molar-refractivity contribution in [3.63, 3.8) is 0 Å². The Hall–Kier alpha value is -2.11. The maximum Gasteiger partial charge on any atom is 0.391 e. The first-order chi connectivity index (χ1) is 11.0. The highest BCUT2D eigenvalue weighted by Crippen LogP contribution is 2.36. The SMILES string of the molecule is O=c1cc(-c2ccccc2Cl)oc2cc(OP(O)O)cc(O)c12. The summed E-state index contributed by atoms with van der Waals surface area (Å²) in [6.45, 7) is 0. The van der Waals surface area contributed by atoms with Gasteiger partial charge in [-0.15, -0.1) is 0 Å². The van der Waals surface area contributed by atoms with Gasteiger partial charge in [-0.2, -0.15) is 0 Å². The summed E-state index contributed by atoms with van der Waals surface area (Å²) in [6.07, 6.45) is 0. The van der Waals surface area contributed by atoms with Gasteiger partial charge in [-0.25, -0.2) is 0 Å². The lowest BCUT2D eigenvalue weighted by Gasteiger charge is -2.09. The maximum absolute atomic E-state index is 12.2. The smallest absolute Gasteiger partial charge is 0.391 e. The molecular weight excluding hydrogens is 343 g/mol. The van der Waals surface area contributed by atoms with Gasteiger partial charge < -0.3 is 23.8 Å². The Morgan fingerprint density at radius 1 is 1.13 bits per heavy atom. The summed E-state index contributed by atoms with van der Waals surface area (Å²) in [4.78, 5) is 30.0. The van der Waals surface area contributed by atoms with E-state index in [0.29, 0.717) is 10.6 Å². The lowest BCUT2D eigenvalue weighted by molar-refractivity contribution is 0.374. The molecule has 0 radical (unpaired) electrons. The average Bonchev–Trinajstić information content (AvgIpc) is 2.46. The molecule has 0 bridgehead atoms. The third kappa shape index (κ3) is 3.16. The lowest BCUT2D eigenvalue weighted by atomic mass is 10.1. The third-order valence-corrected chi connectivity index (χ3v) is 3.81. The van der Waals surface area contributed by atoms with Crippen molar-refractivity contribution in [3.05, 3.63) is 57.7 Å². The monoisotopic (exact) mass is 352 g/mol. The van der Waals surface area contributed by atoms with Gasteiger partial charge in [-0.1, -0.05) is 23.7 Å². The molecule has 1 heterocycles. The fourth-order valence-corrected chi connectivity index (χ4v) is 2.71. The van der Waals surface area contributed by atoms with Crippen LogP contribution >= 0.6 is 20.2 Å². The van der Waals surface area contributed by atoms with Gasteiger partial charge in [0.2, 0.25) is 0 Å². The van der Waals surface area contributed by atoms with Crippen LogP contribution in [0.5, 0.6) is 11.5 Å². The largest absolute Gasteiger partial charge is 0.507 e. The number of benzene rings is 2. The average molecular weight is 353 g/mol. The minimum absolute atomic E-state index is 0.0339. The molecule has 3 aromatic rings. The third-order valence-electron chi connectivity index (χ3n) is 3.11. The summed E-state index contributed by atoms with van der Waals surface area (Å²) in [5.41, 5.74) is 0.102. The van der Waals surface area contributed by atoms with Crippen molar-refractivity contribution in [3.8, 4) is 22.8 Å². The van der Waals surface area contributed by atoms with Crippen LogP contribution in [0.3, 0.4) is 0 Å². The zero-order chi connectivity index (χ0) is 16.6. The molecule has 1 aromatic heterocycles. The Balaban J connectivity index is 2.24. The summed E-state index contributed by atoms with van der Waals surface area (Å²) in [7, 11) is -2.66. The van der Waals surface area contributed by atoms with Gasteiger partial charge in [0.05, 0.1) is 5.02 Å². The molecule has 0 amide bonds. The molecule has 0 spiro atoms. The lowest BCUT2D eigenvalue weighted by Crippen LogP contribution is -2.01. The number of phenols is 1. The molecule has 0 aliphatic carbocycles. The van der Waals surface area contributed by atoms with Crippen molar-refractivity contribution < 1.29 is 23.8 Å². The molecule has 23 heavy (non-hydrogen) atoms. The molecule has 3 N–H and O–H groups in total. The van der Waals surface area contributed by atoms with Crippen LogP contribution in [-0.2, 0) is 0 Å². The van der Waals surface area contributed by atoms with E-state index in [9.17, 15) is 9.90 Å². The molecular formula is C15H10ClO6P. The van der Waals surface area contributed by atoms with Crippen molar-refractivity contribution >= 4 is 31.2 Å². The van der Waals surface area contributed by atoms with Crippen LogP contribution in [0.15, 0.2) is 51.7 Å². The fourth-order valence-electron chi connectivity index (χ4n) is 2.18. The number of rotatable bonds is 3. The minimum Gasteiger partial charge on any atom is -0.507 e. The first-order valence-electron chi connectivity index (χ1n) is 6.37. The number of phenolic OH excluding ortho intramolecular Hbond substituents is 1. The number of hydrogen-bond acceptors (Lipinski definition) is 6. The van der Waals surface area contributed by atoms with E-state index in [1.54, 1.807) is 24.3 Å². The van der Waals surface area contributed by atoms with Crippen LogP contribution in [-0.4, -0.2) is 14.9 Å². The Kier molecular flexibility index (Phi) is 4.24. The van der Waals surface area contributed by atoms with Crippen LogP contribution in [0.4, 0.5) is 0 Å². The van der Waals surface area contributed by atoms with Crippen LogP contribution in [0.25, 0.3) is 22.3 Å². The van der Waals surface area contributed by atoms with E-state index < -0.39 is 14.0 Å². The van der Waals surface area contributed by atoms with Crippen LogP contribution in [0.2, 0.25) is 5.02 Å². The van der Waals surface area contributed by atoms with Crippen molar-refractivity contribution in [2.75, 3.05) is 0 Å². The minimum atomic E-state index is -2.66. The van der Waals surface area contributed by atoms with E-state index in [1.807, 2.05) is 0 Å². The predicted octanol–water partition coefficient (Wildman–Crippen LogP) is 3.41. The molecule has 3 rings (SSSR count). The second-order valence-electron chi connectivity index (χ2n) is 4.61. The van der Waals surface area contributed by atoms with Crippen molar-refractivity contribution in [1.29, 1.82) is 0 Å². The highest BCUT2D eigenvalue weighted by molar-refractivity contribution is 7.39. The summed E-state index contributed by atoms with van der Waals surface area (Å²) >= 11 is 6.09. The zero-order valence-electron chi connectivity index (χ0n) is 11.4. The Morgan fingerprint density at radius 2 is 1.87 bits per heavy atom. The second-order valence-corrected chi connectivity index (χ2v) is 5.71. The summed E-state index contributed by atoms with van der Waals surface area (Å²) < 4.78 is 10.4. The van der Waals surface area contributed by atoms with Crippen molar-refractivity contribution in [2.45, 2.75) is 0 Å². The first-order valence-corrected chi connectivity index (χ1v) is 7.91. The number of halogens is 1. The first kappa shape index (κ1) is 15.8. The Morgan fingerprint density at radius 3 is 2.57 bits per heavy atom. The van der Waals surface area contributed by atoms with Crippen molar-refractivity contribution in [1.82, 2.24) is 0 Å². The van der Waals surface area contributed by atoms with Gasteiger partial charge in [0, 0.05) is 23.8 Å². The molecule has 118 valence electrons. The molecule has 0 aliphatic heterocycles. The topological polar surface area (TPSA) is 100 Å². The number of fused-ring (bicyclic) bond motifs is 1. The van der Waals surface area contributed by atoms with E-state index >= 15 is 0 Å². The maximum atomic E-state index is 12.2. The Bertz CT molecular complexity index is 937. The molecule has 0 saturated heterocycles. The zero-order valence-corrected chi connectivity index (χ0v) is 13.1. The van der Waals surface area contributed by atoms with E-state index in [2.05, 4.69) is 0 Å². The van der Waals surface area contributed by atoms with Gasteiger partial charge in [0.25, 0.3) is 0 Å². The predicted molar refractivity (Wildman–Crippen MR) is 86.6 cm³/mol. The normalized spacial score (nSPS) is 11.1. The highest BCUT2D eigenvalue weighted by atomic mass is 35.5. The van der Waals surface area contributed by atoms with Crippen LogP contribution in [0.1, 0.15) is 0 Å². The van der Waals surface area contributed by atoms with Gasteiger partial charge >= 0.3 is 8.60 Å². The van der Waals surface area contributed by atoms with E-state index in [-0.39, 0.29) is 28.2 Å². The van der Waals surface area contributed by atoms with Gasteiger partial charge in [-0.05, 0) is 12.1 Å². The second kappa shape index (κ2) is 6.18. The molecule has 0 aliphatic rings. The molecule has 8 heteroatoms. The molecule has 2 aromatic carbocycles. The van der Waals surface area contributed by atoms with Gasteiger partial charge in [0.15, 0.2) is 5.43 Å². The van der Waals surface area contributed by atoms with E-state index in [4.69, 9.17) is 30.3 Å². The number of aromatic hydroxyl groups is 1. The summed E-state index contributed by atoms with van der Waals surface area (Å²) in [5.74, 6) is -0.195. The van der Waals surface area contributed by atoms with Crippen molar-refractivity contribution in [2.24, 2.45) is 0 Å². The molecule has 0 saturated carbocycles. The number of hydrogen-bond donors (Lipinski definition) is 3.